The lowest BCUT2D eigenvalue weighted by atomic mass is 10.6. The normalized spacial score (nSPS) is 13.5. The molecule has 0 spiro atoms. The Hall–Kier alpha value is -0.860. The molecule has 0 atom stereocenters. The van der Waals surface area contributed by atoms with E-state index in [9.17, 15) is 35.5 Å². The summed E-state index contributed by atoms with van der Waals surface area (Å²) in [5, 5.41) is 0. The Kier molecular flexibility index (Phi) is 3.25. The minimum Gasteiger partial charge on any atom is -0.251 e. The van der Waals surface area contributed by atoms with Gasteiger partial charge in [0.2, 0.25) is 0 Å². The Bertz CT molecular complexity index is 201. The molecule has 13 heavy (non-hydrogen) atoms. The van der Waals surface area contributed by atoms with Gasteiger partial charge in [0.25, 0.3) is 0 Å². The zero-order valence-corrected chi connectivity index (χ0v) is 5.54. The summed E-state index contributed by atoms with van der Waals surface area (Å²) in [6.07, 6.45) is -15.7. The van der Waals surface area contributed by atoms with E-state index in [-0.39, 0.29) is 0 Å². The number of hydrogen-bond donors (Lipinski definition) is 0. The van der Waals surface area contributed by atoms with Gasteiger partial charge in [0.1, 0.15) is 0 Å². The third kappa shape index (κ3) is 3.17. The van der Waals surface area contributed by atoms with Crippen LogP contribution in [0.2, 0.25) is 0 Å². The third-order valence-electron chi connectivity index (χ3n) is 0.747. The first kappa shape index (κ1) is 12.1. The van der Waals surface area contributed by atoms with E-state index in [2.05, 4.69) is 0 Å². The van der Waals surface area contributed by atoms with Crippen LogP contribution in [0.15, 0.2) is 0 Å². The van der Waals surface area contributed by atoms with Crippen LogP contribution in [0.3, 0.4) is 0 Å². The molecule has 9 heteroatoms. The van der Waals surface area contributed by atoms with Gasteiger partial charge in [-0.3, -0.25) is 4.79 Å². The molecule has 0 N–H and O–H groups in total. The summed E-state index contributed by atoms with van der Waals surface area (Å²) in [5.41, 5.74) is 0. The van der Waals surface area contributed by atoms with Gasteiger partial charge in [0.05, 0.1) is 0 Å². The number of halogens is 7. The van der Waals surface area contributed by atoms with Crippen molar-refractivity contribution < 1.29 is 40.3 Å². The van der Waals surface area contributed by atoms with Crippen molar-refractivity contribution in [3.63, 3.8) is 0 Å². The maximum Gasteiger partial charge on any atom is 0.453 e. The summed E-state index contributed by atoms with van der Waals surface area (Å²) >= 11 is 0. The Morgan fingerprint density at radius 3 is 1.77 bits per heavy atom. The SMILES string of the molecule is O=C(F)C(F)(F)OC(F)(F)C(F)F. The topological polar surface area (TPSA) is 26.3 Å². The van der Waals surface area contributed by atoms with Crippen LogP contribution in [0.4, 0.5) is 30.7 Å². The number of alkyl halides is 6. The summed E-state index contributed by atoms with van der Waals surface area (Å²) in [6, 6.07) is -3.58. The maximum absolute atomic E-state index is 11.6. The van der Waals surface area contributed by atoms with Crippen molar-refractivity contribution in [2.24, 2.45) is 0 Å². The minimum atomic E-state index is -5.58. The molecule has 0 aromatic rings. The maximum atomic E-state index is 11.6. The third-order valence-corrected chi connectivity index (χ3v) is 0.747. The van der Waals surface area contributed by atoms with Gasteiger partial charge in [0.15, 0.2) is 0 Å². The van der Waals surface area contributed by atoms with Gasteiger partial charge in [-0.15, -0.1) is 0 Å². The highest BCUT2D eigenvalue weighted by Crippen LogP contribution is 2.32. The first-order valence-electron chi connectivity index (χ1n) is 2.53. The lowest BCUT2D eigenvalue weighted by Crippen LogP contribution is -2.41. The highest BCUT2D eigenvalue weighted by Gasteiger charge is 2.55. The smallest absolute Gasteiger partial charge is 0.251 e. The largest absolute Gasteiger partial charge is 0.453 e. The fourth-order valence-electron chi connectivity index (χ4n) is 0.256. The fraction of sp³-hybridized carbons (Fsp3) is 0.750. The van der Waals surface area contributed by atoms with Crippen molar-refractivity contribution in [1.29, 1.82) is 0 Å². The lowest BCUT2D eigenvalue weighted by molar-refractivity contribution is -0.391. The van der Waals surface area contributed by atoms with Crippen molar-refractivity contribution in [2.45, 2.75) is 18.6 Å². The molecular formula is C4HF7O2. The van der Waals surface area contributed by atoms with E-state index in [0.717, 1.165) is 0 Å². The zero-order chi connectivity index (χ0) is 10.9. The first-order valence-corrected chi connectivity index (χ1v) is 2.53. The first-order chi connectivity index (χ1) is 5.59. The van der Waals surface area contributed by atoms with E-state index in [0.29, 0.717) is 0 Å². The Balaban J connectivity index is 4.52. The minimum absolute atomic E-state index is 2.01. The summed E-state index contributed by atoms with van der Waals surface area (Å²) in [5.74, 6) is 0. The molecule has 78 valence electrons. The summed E-state index contributed by atoms with van der Waals surface area (Å²) in [4.78, 5) is 9.25. The highest BCUT2D eigenvalue weighted by atomic mass is 19.3. The molecule has 0 aliphatic carbocycles. The van der Waals surface area contributed by atoms with E-state index in [1.807, 2.05) is 4.74 Å². The van der Waals surface area contributed by atoms with Gasteiger partial charge in [-0.25, -0.2) is 13.5 Å². The second kappa shape index (κ2) is 3.48. The molecule has 0 amide bonds. The van der Waals surface area contributed by atoms with Crippen molar-refractivity contribution in [1.82, 2.24) is 0 Å². The number of carbonyl (C=O) groups is 1. The average Bonchev–Trinajstić information content (AvgIpc) is 1.83. The van der Waals surface area contributed by atoms with E-state index in [4.69, 9.17) is 0 Å². The van der Waals surface area contributed by atoms with Crippen molar-refractivity contribution >= 4 is 6.04 Å². The van der Waals surface area contributed by atoms with Gasteiger partial charge >= 0.3 is 24.7 Å². The van der Waals surface area contributed by atoms with E-state index in [1.54, 1.807) is 0 Å². The number of hydrogen-bond acceptors (Lipinski definition) is 2. The molecule has 0 unspecified atom stereocenters. The molecule has 0 fully saturated rings. The second-order valence-corrected chi connectivity index (χ2v) is 1.76. The molecule has 0 saturated heterocycles. The average molecular weight is 214 g/mol. The summed E-state index contributed by atoms with van der Waals surface area (Å²) < 4.78 is 82.1. The van der Waals surface area contributed by atoms with Crippen molar-refractivity contribution in [3.8, 4) is 0 Å². The number of ether oxygens (including phenoxy) is 1. The number of rotatable bonds is 4. The lowest BCUT2D eigenvalue weighted by Gasteiger charge is -2.19. The quantitative estimate of drug-likeness (QED) is 0.528. The second-order valence-electron chi connectivity index (χ2n) is 1.76. The predicted molar refractivity (Wildman–Crippen MR) is 23.1 cm³/mol. The summed E-state index contributed by atoms with van der Waals surface area (Å²) in [7, 11) is 0. The van der Waals surface area contributed by atoms with E-state index >= 15 is 0 Å². The van der Waals surface area contributed by atoms with Crippen LogP contribution in [0.1, 0.15) is 0 Å². The standard InChI is InChI=1S/C4HF7O2/c5-1(6)3(8,9)13-4(10,11)2(7)12/h1H. The molecule has 0 heterocycles. The highest BCUT2D eigenvalue weighted by molar-refractivity contribution is 5.74. The molecule has 0 aliphatic heterocycles. The number of carbonyl (C=O) groups excluding carboxylic acids is 1. The molecule has 0 saturated carbocycles. The predicted octanol–water partition coefficient (Wildman–Crippen LogP) is 1.95. The fourth-order valence-corrected chi connectivity index (χ4v) is 0.256. The molecule has 0 aromatic carbocycles. The molecule has 0 aliphatic rings. The molecule has 2 nitrogen and oxygen atoms in total. The van der Waals surface area contributed by atoms with Crippen LogP contribution >= 0.6 is 0 Å². The molecule has 0 radical (unpaired) electrons. The molecule has 0 aromatic heterocycles. The Labute approximate surface area is 66.3 Å². The van der Waals surface area contributed by atoms with Crippen LogP contribution < -0.4 is 0 Å². The van der Waals surface area contributed by atoms with E-state index < -0.39 is 24.7 Å². The monoisotopic (exact) mass is 214 g/mol. The molecular weight excluding hydrogens is 213 g/mol. The van der Waals surface area contributed by atoms with Gasteiger partial charge in [-0.05, 0) is 0 Å². The molecule has 0 bridgehead atoms. The van der Waals surface area contributed by atoms with Gasteiger partial charge < -0.3 is 0 Å². The Morgan fingerprint density at radius 2 is 1.54 bits per heavy atom. The van der Waals surface area contributed by atoms with Crippen LogP contribution in [-0.2, 0) is 9.53 Å². The molecule has 0 rings (SSSR count). The van der Waals surface area contributed by atoms with Crippen molar-refractivity contribution in [3.05, 3.63) is 0 Å². The van der Waals surface area contributed by atoms with Gasteiger partial charge in [0, 0.05) is 0 Å². The zero-order valence-electron chi connectivity index (χ0n) is 5.54. The van der Waals surface area contributed by atoms with Crippen LogP contribution in [0.25, 0.3) is 0 Å². The van der Waals surface area contributed by atoms with Gasteiger partial charge in [-0.1, -0.05) is 0 Å². The van der Waals surface area contributed by atoms with Crippen LogP contribution in [-0.4, -0.2) is 24.7 Å². The van der Waals surface area contributed by atoms with Crippen LogP contribution in [0, 0.1) is 0 Å². The van der Waals surface area contributed by atoms with Crippen LogP contribution in [0.5, 0.6) is 0 Å². The van der Waals surface area contributed by atoms with E-state index in [1.165, 1.54) is 0 Å². The van der Waals surface area contributed by atoms with Gasteiger partial charge in [-0.2, -0.15) is 22.0 Å². The van der Waals surface area contributed by atoms with Crippen molar-refractivity contribution in [2.75, 3.05) is 0 Å². The Morgan fingerprint density at radius 1 is 1.15 bits per heavy atom. The summed E-state index contributed by atoms with van der Waals surface area (Å²) in [6.45, 7) is 0.